The number of hydrogen-bond acceptors (Lipinski definition) is 7. The third kappa shape index (κ3) is 3.21. The number of benzene rings is 1. The molecule has 8 nitrogen and oxygen atoms in total. The van der Waals surface area contributed by atoms with E-state index in [0.29, 0.717) is 18.0 Å². The lowest BCUT2D eigenvalue weighted by Gasteiger charge is -2.20. The fourth-order valence-electron chi connectivity index (χ4n) is 3.82. The third-order valence-electron chi connectivity index (χ3n) is 5.25. The predicted octanol–water partition coefficient (Wildman–Crippen LogP) is 3.18. The number of ether oxygens (including phenoxy) is 1. The number of anilines is 2. The zero-order valence-corrected chi connectivity index (χ0v) is 16.9. The van der Waals surface area contributed by atoms with Gasteiger partial charge in [0.15, 0.2) is 0 Å². The average molecular weight is 392 g/mol. The summed E-state index contributed by atoms with van der Waals surface area (Å²) < 4.78 is 12.8. The number of methoxy groups -OCH3 is 1. The molecule has 0 aliphatic rings. The van der Waals surface area contributed by atoms with Gasteiger partial charge in [0, 0.05) is 37.2 Å². The highest BCUT2D eigenvalue weighted by Crippen LogP contribution is 2.40. The van der Waals surface area contributed by atoms with Gasteiger partial charge in [0.05, 0.1) is 41.6 Å². The Morgan fingerprint density at radius 1 is 1.21 bits per heavy atom. The second-order valence-electron chi connectivity index (χ2n) is 7.24. The molecule has 0 aliphatic carbocycles. The van der Waals surface area contributed by atoms with E-state index in [1.54, 1.807) is 18.0 Å². The summed E-state index contributed by atoms with van der Waals surface area (Å²) in [7, 11) is 3.58. The van der Waals surface area contributed by atoms with Crippen LogP contribution in [0.25, 0.3) is 22.0 Å². The van der Waals surface area contributed by atoms with Crippen molar-refractivity contribution in [2.45, 2.75) is 19.8 Å². The van der Waals surface area contributed by atoms with Crippen LogP contribution in [0, 0.1) is 13.8 Å². The summed E-state index contributed by atoms with van der Waals surface area (Å²) in [6, 6.07) is 4.07. The highest BCUT2D eigenvalue weighted by molar-refractivity contribution is 5.99. The Balaban J connectivity index is 2.06. The fraction of sp³-hybridized carbons (Fsp3) is 0.286. The van der Waals surface area contributed by atoms with Gasteiger partial charge in [-0.15, -0.1) is 0 Å². The Labute approximate surface area is 168 Å². The van der Waals surface area contributed by atoms with Crippen LogP contribution in [0.3, 0.4) is 0 Å². The van der Waals surface area contributed by atoms with Crippen LogP contribution in [0.15, 0.2) is 35.2 Å². The van der Waals surface area contributed by atoms with Crippen molar-refractivity contribution in [1.82, 2.24) is 19.9 Å². The molecule has 4 aromatic rings. The van der Waals surface area contributed by atoms with Crippen molar-refractivity contribution in [1.29, 1.82) is 0 Å². The SMILES string of the molecule is COCC(c1cnn(C)c1)c1cc2c(N)c(N)cnc2cc1-c1c(C)noc1C. The quantitative estimate of drug-likeness (QED) is 0.535. The molecule has 0 saturated carbocycles. The first-order valence-electron chi connectivity index (χ1n) is 9.29. The molecule has 0 saturated heterocycles. The van der Waals surface area contributed by atoms with Crippen LogP contribution >= 0.6 is 0 Å². The molecule has 0 bridgehead atoms. The fourth-order valence-corrected chi connectivity index (χ4v) is 3.82. The number of nitrogens with zero attached hydrogens (tertiary/aromatic N) is 4. The topological polar surface area (TPSA) is 118 Å². The van der Waals surface area contributed by atoms with Crippen molar-refractivity contribution >= 4 is 22.3 Å². The molecule has 1 unspecified atom stereocenters. The molecular formula is C21H24N6O2. The molecule has 3 heterocycles. The normalized spacial score (nSPS) is 12.6. The van der Waals surface area contributed by atoms with Crippen LogP contribution in [-0.2, 0) is 11.8 Å². The van der Waals surface area contributed by atoms with E-state index in [1.165, 1.54) is 0 Å². The molecule has 0 aliphatic heterocycles. The monoisotopic (exact) mass is 392 g/mol. The van der Waals surface area contributed by atoms with Crippen LogP contribution in [0.4, 0.5) is 11.4 Å². The van der Waals surface area contributed by atoms with Gasteiger partial charge < -0.3 is 20.7 Å². The molecule has 0 amide bonds. The number of nitrogens with two attached hydrogens (primary N) is 2. The van der Waals surface area contributed by atoms with Crippen LogP contribution in [0.1, 0.15) is 28.5 Å². The van der Waals surface area contributed by atoms with Crippen molar-refractivity contribution in [3.05, 3.63) is 53.3 Å². The zero-order valence-electron chi connectivity index (χ0n) is 16.9. The zero-order chi connectivity index (χ0) is 20.7. The maximum absolute atomic E-state index is 6.29. The van der Waals surface area contributed by atoms with Crippen molar-refractivity contribution in [3.8, 4) is 11.1 Å². The number of aromatic nitrogens is 4. The van der Waals surface area contributed by atoms with Crippen molar-refractivity contribution in [2.24, 2.45) is 7.05 Å². The molecule has 8 heteroatoms. The highest BCUT2D eigenvalue weighted by atomic mass is 16.5. The molecule has 1 atom stereocenters. The van der Waals surface area contributed by atoms with E-state index in [4.69, 9.17) is 20.7 Å². The minimum atomic E-state index is -0.0670. The standard InChI is InChI=1S/C21H24N6O2/c1-11-20(12(2)29-26-11)15-6-19-16(21(23)18(22)8-24-19)5-14(15)17(10-28-4)13-7-25-27(3)9-13/h5-9,17H,10,22H2,1-4H3,(H2,23,24). The van der Waals surface area contributed by atoms with E-state index in [2.05, 4.69) is 15.2 Å². The van der Waals surface area contributed by atoms with Crippen LogP contribution in [0.5, 0.6) is 0 Å². The molecular weight excluding hydrogens is 368 g/mol. The van der Waals surface area contributed by atoms with Gasteiger partial charge in [-0.3, -0.25) is 9.67 Å². The molecule has 0 spiro atoms. The minimum absolute atomic E-state index is 0.0670. The Morgan fingerprint density at radius 2 is 2.00 bits per heavy atom. The molecule has 4 rings (SSSR count). The van der Waals surface area contributed by atoms with Crippen LogP contribution < -0.4 is 11.5 Å². The minimum Gasteiger partial charge on any atom is -0.396 e. The number of fused-ring (bicyclic) bond motifs is 1. The number of nitrogen functional groups attached to an aromatic ring is 2. The summed E-state index contributed by atoms with van der Waals surface area (Å²) in [5, 5.41) is 9.29. The number of aryl methyl sites for hydroxylation is 3. The number of hydrogen-bond donors (Lipinski definition) is 2. The van der Waals surface area contributed by atoms with Crippen molar-refractivity contribution in [2.75, 3.05) is 25.2 Å². The molecule has 0 radical (unpaired) electrons. The molecule has 4 N–H and O–H groups in total. The van der Waals surface area contributed by atoms with E-state index < -0.39 is 0 Å². The summed E-state index contributed by atoms with van der Waals surface area (Å²) in [6.07, 6.45) is 5.43. The highest BCUT2D eigenvalue weighted by Gasteiger charge is 2.25. The first-order valence-corrected chi connectivity index (χ1v) is 9.29. The largest absolute Gasteiger partial charge is 0.396 e. The number of pyridine rings is 1. The summed E-state index contributed by atoms with van der Waals surface area (Å²) in [5.41, 5.74) is 18.9. The molecule has 1 aromatic carbocycles. The van der Waals surface area contributed by atoms with Crippen LogP contribution in [0.2, 0.25) is 0 Å². The van der Waals surface area contributed by atoms with Gasteiger partial charge in [-0.2, -0.15) is 5.10 Å². The Bertz CT molecular complexity index is 1170. The lowest BCUT2D eigenvalue weighted by molar-refractivity contribution is 0.189. The van der Waals surface area contributed by atoms with Gasteiger partial charge in [-0.1, -0.05) is 5.16 Å². The summed E-state index contributed by atoms with van der Waals surface area (Å²) in [5.74, 6) is 0.677. The van der Waals surface area contributed by atoms with E-state index in [1.807, 2.05) is 45.4 Å². The van der Waals surface area contributed by atoms with Crippen molar-refractivity contribution in [3.63, 3.8) is 0 Å². The van der Waals surface area contributed by atoms with E-state index in [9.17, 15) is 0 Å². The second kappa shape index (κ2) is 7.21. The molecule has 29 heavy (non-hydrogen) atoms. The first-order chi connectivity index (χ1) is 13.9. The van der Waals surface area contributed by atoms with Gasteiger partial charge >= 0.3 is 0 Å². The van der Waals surface area contributed by atoms with Gasteiger partial charge in [-0.05, 0) is 42.7 Å². The summed E-state index contributed by atoms with van der Waals surface area (Å²) in [4.78, 5) is 4.49. The number of rotatable bonds is 5. The van der Waals surface area contributed by atoms with Gasteiger partial charge in [0.2, 0.25) is 0 Å². The molecule has 150 valence electrons. The van der Waals surface area contributed by atoms with E-state index >= 15 is 0 Å². The lowest BCUT2D eigenvalue weighted by Crippen LogP contribution is -2.10. The van der Waals surface area contributed by atoms with Crippen LogP contribution in [-0.4, -0.2) is 33.6 Å². The molecule has 3 aromatic heterocycles. The average Bonchev–Trinajstić information content (AvgIpc) is 3.27. The lowest BCUT2D eigenvalue weighted by atomic mass is 9.85. The Morgan fingerprint density at radius 3 is 2.62 bits per heavy atom. The van der Waals surface area contributed by atoms with E-state index in [0.717, 1.165) is 44.6 Å². The van der Waals surface area contributed by atoms with Gasteiger partial charge in [0.1, 0.15) is 5.76 Å². The Hall–Kier alpha value is -3.39. The smallest absolute Gasteiger partial charge is 0.141 e. The second-order valence-corrected chi connectivity index (χ2v) is 7.24. The van der Waals surface area contributed by atoms with Gasteiger partial charge in [0.25, 0.3) is 0 Å². The molecule has 0 fully saturated rings. The predicted molar refractivity (Wildman–Crippen MR) is 112 cm³/mol. The van der Waals surface area contributed by atoms with Crippen molar-refractivity contribution < 1.29 is 9.26 Å². The maximum Gasteiger partial charge on any atom is 0.141 e. The third-order valence-corrected chi connectivity index (χ3v) is 5.25. The Kier molecular flexibility index (Phi) is 4.71. The van der Waals surface area contributed by atoms with E-state index in [-0.39, 0.29) is 5.92 Å². The first kappa shape index (κ1) is 18.9. The van der Waals surface area contributed by atoms with Gasteiger partial charge in [-0.25, -0.2) is 0 Å². The summed E-state index contributed by atoms with van der Waals surface area (Å²) >= 11 is 0. The summed E-state index contributed by atoms with van der Waals surface area (Å²) in [6.45, 7) is 4.31. The maximum atomic E-state index is 6.29.